The van der Waals surface area contributed by atoms with Crippen molar-refractivity contribution in [1.29, 1.82) is 0 Å². The predicted molar refractivity (Wildman–Crippen MR) is 78.4 cm³/mol. The second kappa shape index (κ2) is 5.06. The van der Waals surface area contributed by atoms with Gasteiger partial charge in [0.2, 0.25) is 0 Å². The summed E-state index contributed by atoms with van der Waals surface area (Å²) >= 11 is 5.10. The molecule has 0 spiro atoms. The molecule has 1 saturated heterocycles. The third kappa shape index (κ3) is 1.98. The van der Waals surface area contributed by atoms with E-state index in [1.165, 1.54) is 25.7 Å². The first kappa shape index (κ1) is 12.8. The van der Waals surface area contributed by atoms with E-state index in [-0.39, 0.29) is 5.54 Å². The van der Waals surface area contributed by atoms with Gasteiger partial charge in [-0.3, -0.25) is 9.69 Å². The van der Waals surface area contributed by atoms with Gasteiger partial charge in [0.05, 0.1) is 10.4 Å². The van der Waals surface area contributed by atoms with Crippen molar-refractivity contribution in [3.8, 4) is 0 Å². The molecule has 0 N–H and O–H groups in total. The van der Waals surface area contributed by atoms with Crippen molar-refractivity contribution < 1.29 is 4.79 Å². The summed E-state index contributed by atoms with van der Waals surface area (Å²) in [6, 6.07) is 1.99. The van der Waals surface area contributed by atoms with Crippen molar-refractivity contribution in [2.24, 2.45) is 0 Å². The third-order valence-electron chi connectivity index (χ3n) is 4.39. The van der Waals surface area contributed by atoms with Crippen LogP contribution in [0.25, 0.3) is 0 Å². The van der Waals surface area contributed by atoms with E-state index in [0.29, 0.717) is 5.78 Å². The van der Waals surface area contributed by atoms with Crippen molar-refractivity contribution in [3.63, 3.8) is 0 Å². The van der Waals surface area contributed by atoms with E-state index in [9.17, 15) is 4.79 Å². The molecule has 1 aromatic heterocycles. The smallest absolute Gasteiger partial charge is 0.194 e. The molecule has 0 atom stereocenters. The average Bonchev–Trinajstić information content (AvgIpc) is 3.10. The number of carbonyl (C=O) groups is 1. The number of thiophene rings is 1. The first-order valence-corrected chi connectivity index (χ1v) is 8.44. The number of likely N-dealkylation sites (tertiary alicyclic amines) is 1. The van der Waals surface area contributed by atoms with Crippen LogP contribution in [0.1, 0.15) is 48.2 Å². The lowest BCUT2D eigenvalue weighted by Gasteiger charge is -2.37. The molecule has 0 bridgehead atoms. The zero-order valence-corrected chi connectivity index (χ0v) is 12.9. The van der Waals surface area contributed by atoms with Crippen LogP contribution >= 0.6 is 27.3 Å². The van der Waals surface area contributed by atoms with Gasteiger partial charge in [0.1, 0.15) is 0 Å². The van der Waals surface area contributed by atoms with Crippen LogP contribution in [0.15, 0.2) is 15.9 Å². The minimum Gasteiger partial charge on any atom is -0.291 e. The predicted octanol–water partition coefficient (Wildman–Crippen LogP) is 4.10. The highest BCUT2D eigenvalue weighted by Gasteiger charge is 2.47. The van der Waals surface area contributed by atoms with Gasteiger partial charge < -0.3 is 0 Å². The first-order valence-electron chi connectivity index (χ1n) is 6.77. The quantitative estimate of drug-likeness (QED) is 0.779. The lowest BCUT2D eigenvalue weighted by atomic mass is 9.89. The molecule has 2 aliphatic rings. The van der Waals surface area contributed by atoms with E-state index in [0.717, 1.165) is 35.3 Å². The lowest BCUT2D eigenvalue weighted by Crippen LogP contribution is -2.51. The van der Waals surface area contributed by atoms with Crippen LogP contribution in [-0.2, 0) is 0 Å². The van der Waals surface area contributed by atoms with E-state index in [4.69, 9.17) is 0 Å². The molecule has 1 aromatic rings. The van der Waals surface area contributed by atoms with Gasteiger partial charge >= 0.3 is 0 Å². The van der Waals surface area contributed by atoms with Gasteiger partial charge in [-0.25, -0.2) is 0 Å². The Bertz CT molecular complexity index is 444. The highest BCUT2D eigenvalue weighted by molar-refractivity contribution is 9.10. The number of halogens is 1. The van der Waals surface area contributed by atoms with E-state index >= 15 is 0 Å². The molecule has 2 nitrogen and oxygen atoms in total. The SMILES string of the molecule is O=C(c1sccc1Br)C1(N2CCCC2)CCCC1. The largest absolute Gasteiger partial charge is 0.291 e. The summed E-state index contributed by atoms with van der Waals surface area (Å²) in [6.45, 7) is 2.21. The Morgan fingerprint density at radius 3 is 2.44 bits per heavy atom. The topological polar surface area (TPSA) is 20.3 Å². The molecule has 2 fully saturated rings. The summed E-state index contributed by atoms with van der Waals surface area (Å²) in [5.74, 6) is 0.365. The maximum absolute atomic E-state index is 13.0. The van der Waals surface area contributed by atoms with Crippen LogP contribution in [0.2, 0.25) is 0 Å². The Morgan fingerprint density at radius 1 is 1.22 bits per heavy atom. The average molecular weight is 328 g/mol. The van der Waals surface area contributed by atoms with Crippen molar-refractivity contribution in [3.05, 3.63) is 20.8 Å². The molecule has 1 aliphatic heterocycles. The molecule has 1 aliphatic carbocycles. The molecule has 0 aromatic carbocycles. The summed E-state index contributed by atoms with van der Waals surface area (Å²) in [5.41, 5.74) is -0.177. The van der Waals surface area contributed by atoms with Crippen molar-refractivity contribution in [1.82, 2.24) is 4.90 Å². The van der Waals surface area contributed by atoms with Gasteiger partial charge in [-0.2, -0.15) is 0 Å². The van der Waals surface area contributed by atoms with Gasteiger partial charge in [0.15, 0.2) is 5.78 Å². The highest BCUT2D eigenvalue weighted by atomic mass is 79.9. The van der Waals surface area contributed by atoms with Crippen LogP contribution in [0.3, 0.4) is 0 Å². The van der Waals surface area contributed by atoms with Crippen LogP contribution in [0.5, 0.6) is 0 Å². The van der Waals surface area contributed by atoms with Crippen LogP contribution in [0, 0.1) is 0 Å². The Hall–Kier alpha value is -0.190. The maximum Gasteiger partial charge on any atom is 0.194 e. The number of nitrogens with zero attached hydrogens (tertiary/aromatic N) is 1. The minimum atomic E-state index is -0.177. The monoisotopic (exact) mass is 327 g/mol. The molecule has 4 heteroatoms. The van der Waals surface area contributed by atoms with Crippen LogP contribution in [-0.4, -0.2) is 29.3 Å². The van der Waals surface area contributed by atoms with Gasteiger partial charge in [-0.1, -0.05) is 12.8 Å². The number of ketones is 1. The third-order valence-corrected chi connectivity index (χ3v) is 6.22. The number of carbonyl (C=O) groups excluding carboxylic acids is 1. The fourth-order valence-corrected chi connectivity index (χ4v) is 5.04. The number of hydrogen-bond acceptors (Lipinski definition) is 3. The molecule has 2 heterocycles. The summed E-state index contributed by atoms with van der Waals surface area (Å²) in [7, 11) is 0. The number of rotatable bonds is 3. The Morgan fingerprint density at radius 2 is 1.89 bits per heavy atom. The minimum absolute atomic E-state index is 0.177. The molecular formula is C14H18BrNOS. The second-order valence-electron chi connectivity index (χ2n) is 5.36. The van der Waals surface area contributed by atoms with E-state index in [1.807, 2.05) is 11.4 Å². The second-order valence-corrected chi connectivity index (χ2v) is 7.13. The molecule has 0 unspecified atom stereocenters. The first-order chi connectivity index (χ1) is 8.74. The maximum atomic E-state index is 13.0. The van der Waals surface area contributed by atoms with Crippen LogP contribution < -0.4 is 0 Å². The van der Waals surface area contributed by atoms with E-state index in [1.54, 1.807) is 11.3 Å². The lowest BCUT2D eigenvalue weighted by molar-refractivity contribution is 0.0630. The number of hydrogen-bond donors (Lipinski definition) is 0. The fraction of sp³-hybridized carbons (Fsp3) is 0.643. The van der Waals surface area contributed by atoms with Crippen molar-refractivity contribution >= 4 is 33.0 Å². The Labute approximate surface area is 120 Å². The summed E-state index contributed by atoms with van der Waals surface area (Å²) in [4.78, 5) is 16.4. The number of Topliss-reactive ketones (excluding diaryl/α,β-unsaturated/α-hetero) is 1. The van der Waals surface area contributed by atoms with Crippen LogP contribution in [0.4, 0.5) is 0 Å². The van der Waals surface area contributed by atoms with Gasteiger partial charge in [0.25, 0.3) is 0 Å². The Kier molecular flexibility index (Phi) is 3.61. The standard InChI is InChI=1S/C14H18BrNOS/c15-11-5-10-18-12(11)13(17)14(6-1-2-7-14)16-8-3-4-9-16/h5,10H,1-4,6-9H2. The van der Waals surface area contributed by atoms with Gasteiger partial charge in [-0.05, 0) is 66.1 Å². The molecule has 18 heavy (non-hydrogen) atoms. The molecule has 0 amide bonds. The zero-order valence-electron chi connectivity index (χ0n) is 10.5. The van der Waals surface area contributed by atoms with Gasteiger partial charge in [0, 0.05) is 4.47 Å². The molecule has 1 saturated carbocycles. The fourth-order valence-electron chi connectivity index (χ4n) is 3.46. The highest BCUT2D eigenvalue weighted by Crippen LogP contribution is 2.41. The van der Waals surface area contributed by atoms with Crippen molar-refractivity contribution in [2.75, 3.05) is 13.1 Å². The molecule has 0 radical (unpaired) electrons. The normalized spacial score (nSPS) is 23.6. The zero-order chi connectivity index (χ0) is 12.6. The van der Waals surface area contributed by atoms with Crippen molar-refractivity contribution in [2.45, 2.75) is 44.1 Å². The summed E-state index contributed by atoms with van der Waals surface area (Å²) in [5, 5.41) is 2.00. The van der Waals surface area contributed by atoms with E-state index in [2.05, 4.69) is 20.8 Å². The molecule has 98 valence electrons. The Balaban J connectivity index is 1.94. The van der Waals surface area contributed by atoms with Gasteiger partial charge in [-0.15, -0.1) is 11.3 Å². The van der Waals surface area contributed by atoms with E-state index < -0.39 is 0 Å². The molecule has 3 rings (SSSR count). The molecular weight excluding hydrogens is 310 g/mol. The summed E-state index contributed by atoms with van der Waals surface area (Å²) in [6.07, 6.45) is 7.00. The summed E-state index contributed by atoms with van der Waals surface area (Å²) < 4.78 is 0.975.